The number of hydrogen-bond donors (Lipinski definition) is 2. The van der Waals surface area contributed by atoms with Crippen LogP contribution in [0.5, 0.6) is 0 Å². The van der Waals surface area contributed by atoms with Gasteiger partial charge in [-0.15, -0.1) is 0 Å². The SMILES string of the molecule is Cc1cc(C(=O)Nc2ccc(Nc3cc(-n4ccnc4)ncn3)cc2)c(C)o1. The number of aryl methyl sites for hydroxylation is 2. The number of amides is 1. The summed E-state index contributed by atoms with van der Waals surface area (Å²) < 4.78 is 7.20. The van der Waals surface area contributed by atoms with Gasteiger partial charge in [-0.2, -0.15) is 0 Å². The Labute approximate surface area is 161 Å². The minimum atomic E-state index is -0.198. The number of carbonyl (C=O) groups is 1. The molecule has 3 heterocycles. The Balaban J connectivity index is 1.44. The van der Waals surface area contributed by atoms with Crippen molar-refractivity contribution in [3.63, 3.8) is 0 Å². The predicted molar refractivity (Wildman–Crippen MR) is 105 cm³/mol. The van der Waals surface area contributed by atoms with Crippen molar-refractivity contribution in [1.29, 1.82) is 0 Å². The molecule has 1 aromatic carbocycles. The van der Waals surface area contributed by atoms with Gasteiger partial charge in [-0.1, -0.05) is 0 Å². The van der Waals surface area contributed by atoms with Gasteiger partial charge in [-0.25, -0.2) is 15.0 Å². The summed E-state index contributed by atoms with van der Waals surface area (Å²) in [4.78, 5) is 24.8. The van der Waals surface area contributed by atoms with E-state index in [0.29, 0.717) is 34.4 Å². The Hall–Kier alpha value is -3.94. The second-order valence-corrected chi connectivity index (χ2v) is 6.21. The molecule has 0 saturated heterocycles. The fraction of sp³-hybridized carbons (Fsp3) is 0.100. The van der Waals surface area contributed by atoms with Gasteiger partial charge in [0.25, 0.3) is 5.91 Å². The number of anilines is 3. The number of carbonyl (C=O) groups excluding carboxylic acids is 1. The first-order valence-corrected chi connectivity index (χ1v) is 8.64. The van der Waals surface area contributed by atoms with Gasteiger partial charge in [0.15, 0.2) is 0 Å². The number of imidazole rings is 1. The van der Waals surface area contributed by atoms with Crippen LogP contribution in [0.3, 0.4) is 0 Å². The van der Waals surface area contributed by atoms with E-state index in [0.717, 1.165) is 5.69 Å². The molecule has 140 valence electrons. The maximum atomic E-state index is 12.4. The number of furan rings is 1. The van der Waals surface area contributed by atoms with E-state index in [1.54, 1.807) is 30.1 Å². The Morgan fingerprint density at radius 3 is 2.54 bits per heavy atom. The van der Waals surface area contributed by atoms with E-state index in [1.165, 1.54) is 6.33 Å². The fourth-order valence-electron chi connectivity index (χ4n) is 2.79. The summed E-state index contributed by atoms with van der Waals surface area (Å²) >= 11 is 0. The highest BCUT2D eigenvalue weighted by Crippen LogP contribution is 2.20. The third-order valence-corrected chi connectivity index (χ3v) is 4.12. The van der Waals surface area contributed by atoms with Gasteiger partial charge in [0.05, 0.1) is 5.56 Å². The van der Waals surface area contributed by atoms with Gasteiger partial charge in [0.2, 0.25) is 0 Å². The van der Waals surface area contributed by atoms with Gasteiger partial charge in [-0.3, -0.25) is 9.36 Å². The van der Waals surface area contributed by atoms with Crippen molar-refractivity contribution in [3.05, 3.63) is 78.5 Å². The van der Waals surface area contributed by atoms with Crippen molar-refractivity contribution in [2.24, 2.45) is 0 Å². The van der Waals surface area contributed by atoms with Gasteiger partial charge < -0.3 is 15.1 Å². The molecule has 28 heavy (non-hydrogen) atoms. The van der Waals surface area contributed by atoms with E-state index in [9.17, 15) is 4.79 Å². The zero-order chi connectivity index (χ0) is 19.5. The average molecular weight is 374 g/mol. The molecule has 1 amide bonds. The summed E-state index contributed by atoms with van der Waals surface area (Å²) in [6.07, 6.45) is 6.66. The minimum Gasteiger partial charge on any atom is -0.466 e. The molecule has 4 rings (SSSR count). The van der Waals surface area contributed by atoms with Crippen LogP contribution in [0, 0.1) is 13.8 Å². The number of benzene rings is 1. The van der Waals surface area contributed by atoms with Crippen LogP contribution in [0.15, 0.2) is 65.9 Å². The van der Waals surface area contributed by atoms with Crippen molar-refractivity contribution in [3.8, 4) is 5.82 Å². The van der Waals surface area contributed by atoms with Crippen LogP contribution in [-0.2, 0) is 0 Å². The maximum absolute atomic E-state index is 12.4. The summed E-state index contributed by atoms with van der Waals surface area (Å²) in [5.41, 5.74) is 2.06. The van der Waals surface area contributed by atoms with Crippen LogP contribution in [0.2, 0.25) is 0 Å². The van der Waals surface area contributed by atoms with E-state index in [2.05, 4.69) is 25.6 Å². The van der Waals surface area contributed by atoms with Crippen molar-refractivity contribution in [2.45, 2.75) is 13.8 Å². The lowest BCUT2D eigenvalue weighted by molar-refractivity contribution is 0.102. The average Bonchev–Trinajstić information content (AvgIpc) is 3.33. The molecule has 2 N–H and O–H groups in total. The molecule has 0 bridgehead atoms. The van der Waals surface area contributed by atoms with E-state index in [4.69, 9.17) is 4.42 Å². The van der Waals surface area contributed by atoms with Crippen molar-refractivity contribution in [2.75, 3.05) is 10.6 Å². The van der Waals surface area contributed by atoms with Crippen molar-refractivity contribution in [1.82, 2.24) is 19.5 Å². The highest BCUT2D eigenvalue weighted by atomic mass is 16.3. The normalized spacial score (nSPS) is 10.6. The molecule has 0 unspecified atom stereocenters. The molecule has 4 aromatic rings. The first-order valence-electron chi connectivity index (χ1n) is 8.64. The predicted octanol–water partition coefficient (Wildman–Crippen LogP) is 3.87. The van der Waals surface area contributed by atoms with Crippen LogP contribution >= 0.6 is 0 Å². The van der Waals surface area contributed by atoms with Crippen LogP contribution in [0.1, 0.15) is 21.9 Å². The first-order chi connectivity index (χ1) is 13.6. The van der Waals surface area contributed by atoms with Gasteiger partial charge in [0, 0.05) is 29.8 Å². The fourth-order valence-corrected chi connectivity index (χ4v) is 2.79. The summed E-state index contributed by atoms with van der Waals surface area (Å²) in [7, 11) is 0. The van der Waals surface area contributed by atoms with E-state index < -0.39 is 0 Å². The molecule has 8 heteroatoms. The second kappa shape index (κ2) is 7.36. The highest BCUT2D eigenvalue weighted by Gasteiger charge is 2.13. The van der Waals surface area contributed by atoms with E-state index >= 15 is 0 Å². The summed E-state index contributed by atoms with van der Waals surface area (Å²) in [5.74, 6) is 2.48. The molecule has 3 aromatic heterocycles. The quantitative estimate of drug-likeness (QED) is 0.550. The molecular weight excluding hydrogens is 356 g/mol. The lowest BCUT2D eigenvalue weighted by atomic mass is 10.2. The van der Waals surface area contributed by atoms with Crippen LogP contribution < -0.4 is 10.6 Å². The number of nitrogens with zero attached hydrogens (tertiary/aromatic N) is 4. The molecule has 0 aliphatic carbocycles. The number of nitrogens with one attached hydrogen (secondary N) is 2. The lowest BCUT2D eigenvalue weighted by Gasteiger charge is -2.09. The van der Waals surface area contributed by atoms with Gasteiger partial charge >= 0.3 is 0 Å². The smallest absolute Gasteiger partial charge is 0.259 e. The first kappa shape index (κ1) is 17.5. The largest absolute Gasteiger partial charge is 0.466 e. The molecule has 0 radical (unpaired) electrons. The van der Waals surface area contributed by atoms with Crippen molar-refractivity contribution < 1.29 is 9.21 Å². The van der Waals surface area contributed by atoms with Crippen molar-refractivity contribution >= 4 is 23.1 Å². The molecule has 0 atom stereocenters. The minimum absolute atomic E-state index is 0.198. The zero-order valence-corrected chi connectivity index (χ0v) is 15.4. The summed E-state index contributed by atoms with van der Waals surface area (Å²) in [6, 6.07) is 10.9. The molecule has 8 nitrogen and oxygen atoms in total. The van der Waals surface area contributed by atoms with Crippen LogP contribution in [-0.4, -0.2) is 25.4 Å². The van der Waals surface area contributed by atoms with Gasteiger partial charge in [-0.05, 0) is 44.2 Å². The Kier molecular flexibility index (Phi) is 4.59. The zero-order valence-electron chi connectivity index (χ0n) is 15.4. The topological polar surface area (TPSA) is 97.9 Å². The van der Waals surface area contributed by atoms with Crippen LogP contribution in [0.4, 0.5) is 17.2 Å². The Morgan fingerprint density at radius 2 is 1.86 bits per heavy atom. The van der Waals surface area contributed by atoms with E-state index in [-0.39, 0.29) is 5.91 Å². The maximum Gasteiger partial charge on any atom is 0.259 e. The second-order valence-electron chi connectivity index (χ2n) is 6.21. The molecule has 0 fully saturated rings. The third kappa shape index (κ3) is 3.75. The highest BCUT2D eigenvalue weighted by molar-refractivity contribution is 6.05. The molecule has 0 aliphatic rings. The number of hydrogen-bond acceptors (Lipinski definition) is 6. The van der Waals surface area contributed by atoms with Gasteiger partial charge in [0.1, 0.15) is 35.8 Å². The van der Waals surface area contributed by atoms with E-state index in [1.807, 2.05) is 43.5 Å². The molecule has 0 saturated carbocycles. The standard InChI is InChI=1S/C20H18N6O2/c1-13-9-17(14(2)28-13)20(27)25-16-5-3-15(4-6-16)24-18-10-19(23-11-22-18)26-8-7-21-12-26/h3-12H,1-2H3,(H,25,27)(H,22,23,24). The summed E-state index contributed by atoms with van der Waals surface area (Å²) in [5, 5.41) is 6.09. The summed E-state index contributed by atoms with van der Waals surface area (Å²) in [6.45, 7) is 3.59. The molecular formula is C20H18N6O2. The number of rotatable bonds is 5. The third-order valence-electron chi connectivity index (χ3n) is 4.12. The molecule has 0 aliphatic heterocycles. The Bertz CT molecular complexity index is 1100. The van der Waals surface area contributed by atoms with Crippen LogP contribution in [0.25, 0.3) is 5.82 Å². The Morgan fingerprint density at radius 1 is 1.07 bits per heavy atom. The lowest BCUT2D eigenvalue weighted by Crippen LogP contribution is -2.12. The molecule has 0 spiro atoms. The monoisotopic (exact) mass is 374 g/mol. The number of aromatic nitrogens is 4.